The van der Waals surface area contributed by atoms with Crippen molar-refractivity contribution in [2.45, 2.75) is 0 Å². The van der Waals surface area contributed by atoms with Gasteiger partial charge in [-0.25, -0.2) is 4.79 Å². The number of carbonyl (C=O) groups is 2. The molecule has 0 radical (unpaired) electrons. The summed E-state index contributed by atoms with van der Waals surface area (Å²) in [4.78, 5) is 24.2. The number of ether oxygens (including phenoxy) is 2. The van der Waals surface area contributed by atoms with Crippen LogP contribution in [0.1, 0.15) is 20.8 Å². The standard InChI is InChI=1S/C20H19N3O4/c1-23-18(13-7-9-16(26-2)10-8-13)12-17(22-23)19(24)21-15-6-4-5-14(11-15)20(25)27-3/h4-12H,1-3H3,(H,21,24). The lowest BCUT2D eigenvalue weighted by atomic mass is 10.1. The monoisotopic (exact) mass is 365 g/mol. The Kier molecular flexibility index (Phi) is 5.21. The zero-order chi connectivity index (χ0) is 19.4. The van der Waals surface area contributed by atoms with E-state index in [4.69, 9.17) is 4.74 Å². The molecule has 1 aromatic heterocycles. The number of esters is 1. The van der Waals surface area contributed by atoms with Crippen LogP contribution in [0.4, 0.5) is 5.69 Å². The molecule has 138 valence electrons. The van der Waals surface area contributed by atoms with E-state index in [1.807, 2.05) is 24.3 Å². The fraction of sp³-hybridized carbons (Fsp3) is 0.150. The maximum Gasteiger partial charge on any atom is 0.337 e. The Hall–Kier alpha value is -3.61. The molecular weight excluding hydrogens is 346 g/mol. The van der Waals surface area contributed by atoms with Crippen LogP contribution >= 0.6 is 0 Å². The summed E-state index contributed by atoms with van der Waals surface area (Å²) in [6, 6.07) is 15.7. The van der Waals surface area contributed by atoms with E-state index in [2.05, 4.69) is 15.2 Å². The van der Waals surface area contributed by atoms with Crippen LogP contribution in [0.15, 0.2) is 54.6 Å². The molecule has 0 atom stereocenters. The Balaban J connectivity index is 1.81. The second-order valence-corrected chi connectivity index (χ2v) is 5.79. The number of rotatable bonds is 5. The predicted octanol–water partition coefficient (Wildman–Crippen LogP) is 3.13. The molecule has 0 saturated carbocycles. The number of methoxy groups -OCH3 is 2. The topological polar surface area (TPSA) is 82.5 Å². The Labute approximate surface area is 156 Å². The van der Waals surface area contributed by atoms with Gasteiger partial charge in [0.25, 0.3) is 5.91 Å². The smallest absolute Gasteiger partial charge is 0.337 e. The number of aryl methyl sites for hydroxylation is 1. The second-order valence-electron chi connectivity index (χ2n) is 5.79. The third-order valence-electron chi connectivity index (χ3n) is 4.04. The molecule has 0 bridgehead atoms. The van der Waals surface area contributed by atoms with Crippen molar-refractivity contribution in [1.29, 1.82) is 0 Å². The third kappa shape index (κ3) is 3.98. The van der Waals surface area contributed by atoms with E-state index in [1.165, 1.54) is 7.11 Å². The van der Waals surface area contributed by atoms with Gasteiger partial charge in [-0.1, -0.05) is 6.07 Å². The van der Waals surface area contributed by atoms with Gasteiger partial charge in [0.05, 0.1) is 25.5 Å². The van der Waals surface area contributed by atoms with Gasteiger partial charge in [-0.15, -0.1) is 0 Å². The number of anilines is 1. The summed E-state index contributed by atoms with van der Waals surface area (Å²) in [6.07, 6.45) is 0. The molecular formula is C20H19N3O4. The van der Waals surface area contributed by atoms with Crippen molar-refractivity contribution < 1.29 is 19.1 Å². The van der Waals surface area contributed by atoms with E-state index >= 15 is 0 Å². The molecule has 0 aliphatic heterocycles. The van der Waals surface area contributed by atoms with Gasteiger partial charge in [0.2, 0.25) is 0 Å². The maximum atomic E-state index is 12.5. The van der Waals surface area contributed by atoms with Crippen molar-refractivity contribution >= 4 is 17.6 Å². The van der Waals surface area contributed by atoms with E-state index in [9.17, 15) is 9.59 Å². The van der Waals surface area contributed by atoms with Crippen molar-refractivity contribution in [3.8, 4) is 17.0 Å². The number of benzene rings is 2. The first kappa shape index (κ1) is 18.2. The number of nitrogens with one attached hydrogen (secondary N) is 1. The molecule has 1 amide bonds. The molecule has 27 heavy (non-hydrogen) atoms. The summed E-state index contributed by atoms with van der Waals surface area (Å²) in [5.41, 5.74) is 2.82. The molecule has 0 aliphatic rings. The molecule has 2 aromatic carbocycles. The minimum atomic E-state index is -0.467. The predicted molar refractivity (Wildman–Crippen MR) is 101 cm³/mol. The van der Waals surface area contributed by atoms with Gasteiger partial charge in [0, 0.05) is 18.3 Å². The molecule has 0 saturated heterocycles. The minimum Gasteiger partial charge on any atom is -0.497 e. The highest BCUT2D eigenvalue weighted by molar-refractivity contribution is 6.04. The first-order valence-corrected chi connectivity index (χ1v) is 8.20. The zero-order valence-electron chi connectivity index (χ0n) is 15.2. The molecule has 0 aliphatic carbocycles. The van der Waals surface area contributed by atoms with Gasteiger partial charge in [-0.2, -0.15) is 5.10 Å². The average Bonchev–Trinajstić information content (AvgIpc) is 3.09. The zero-order valence-corrected chi connectivity index (χ0v) is 15.2. The first-order valence-electron chi connectivity index (χ1n) is 8.20. The lowest BCUT2D eigenvalue weighted by Crippen LogP contribution is -2.13. The van der Waals surface area contributed by atoms with Crippen molar-refractivity contribution in [3.63, 3.8) is 0 Å². The van der Waals surface area contributed by atoms with Crippen molar-refractivity contribution in [2.75, 3.05) is 19.5 Å². The fourth-order valence-corrected chi connectivity index (χ4v) is 2.65. The van der Waals surface area contributed by atoms with Crippen LogP contribution in [0.25, 0.3) is 11.3 Å². The average molecular weight is 365 g/mol. The number of hydrogen-bond donors (Lipinski definition) is 1. The van der Waals surface area contributed by atoms with Crippen LogP contribution in [0, 0.1) is 0 Å². The highest BCUT2D eigenvalue weighted by Crippen LogP contribution is 2.23. The molecule has 7 nitrogen and oxygen atoms in total. The van der Waals surface area contributed by atoms with E-state index in [0.29, 0.717) is 11.3 Å². The molecule has 0 fully saturated rings. The Morgan fingerprint density at radius 2 is 1.78 bits per heavy atom. The lowest BCUT2D eigenvalue weighted by molar-refractivity contribution is 0.0600. The molecule has 0 spiro atoms. The molecule has 3 aromatic rings. The fourth-order valence-electron chi connectivity index (χ4n) is 2.65. The van der Waals surface area contributed by atoms with Gasteiger partial charge >= 0.3 is 5.97 Å². The molecule has 0 unspecified atom stereocenters. The Morgan fingerprint density at radius 3 is 2.44 bits per heavy atom. The summed E-state index contributed by atoms with van der Waals surface area (Å²) in [7, 11) is 4.69. The van der Waals surface area contributed by atoms with Crippen LogP contribution in [0.3, 0.4) is 0 Å². The summed E-state index contributed by atoms with van der Waals surface area (Å²) in [6.45, 7) is 0. The quantitative estimate of drug-likeness (QED) is 0.703. The van der Waals surface area contributed by atoms with Crippen LogP contribution < -0.4 is 10.1 Å². The summed E-state index contributed by atoms with van der Waals surface area (Å²) < 4.78 is 11.5. The van der Waals surface area contributed by atoms with E-state index in [0.717, 1.165) is 17.0 Å². The van der Waals surface area contributed by atoms with Gasteiger partial charge in [-0.05, 0) is 48.5 Å². The van der Waals surface area contributed by atoms with Crippen molar-refractivity contribution in [2.24, 2.45) is 7.05 Å². The largest absolute Gasteiger partial charge is 0.497 e. The maximum absolute atomic E-state index is 12.5. The van der Waals surface area contributed by atoms with Gasteiger partial charge in [-0.3, -0.25) is 9.48 Å². The van der Waals surface area contributed by atoms with E-state index in [1.54, 1.807) is 49.2 Å². The second kappa shape index (κ2) is 7.74. The summed E-state index contributed by atoms with van der Waals surface area (Å²) >= 11 is 0. The van der Waals surface area contributed by atoms with Crippen LogP contribution in [0.2, 0.25) is 0 Å². The molecule has 1 heterocycles. The lowest BCUT2D eigenvalue weighted by Gasteiger charge is -2.05. The number of carbonyl (C=O) groups excluding carboxylic acids is 2. The third-order valence-corrected chi connectivity index (χ3v) is 4.04. The van der Waals surface area contributed by atoms with Crippen LogP contribution in [-0.4, -0.2) is 35.9 Å². The number of nitrogens with zero attached hydrogens (tertiary/aromatic N) is 2. The number of hydrogen-bond acceptors (Lipinski definition) is 5. The Bertz CT molecular complexity index is 977. The normalized spacial score (nSPS) is 10.3. The number of amides is 1. The minimum absolute atomic E-state index is 0.270. The van der Waals surface area contributed by atoms with Gasteiger partial charge < -0.3 is 14.8 Å². The molecule has 3 rings (SSSR count). The van der Waals surface area contributed by atoms with Crippen molar-refractivity contribution in [1.82, 2.24) is 9.78 Å². The SMILES string of the molecule is COC(=O)c1cccc(NC(=O)c2cc(-c3ccc(OC)cc3)n(C)n2)c1. The van der Waals surface area contributed by atoms with Gasteiger partial charge in [0.1, 0.15) is 5.75 Å². The van der Waals surface area contributed by atoms with E-state index < -0.39 is 5.97 Å². The summed E-state index contributed by atoms with van der Waals surface area (Å²) in [5.74, 6) is -0.0810. The van der Waals surface area contributed by atoms with Crippen LogP contribution in [0.5, 0.6) is 5.75 Å². The van der Waals surface area contributed by atoms with E-state index in [-0.39, 0.29) is 11.6 Å². The van der Waals surface area contributed by atoms with Crippen molar-refractivity contribution in [3.05, 3.63) is 65.9 Å². The highest BCUT2D eigenvalue weighted by Gasteiger charge is 2.15. The molecule has 1 N–H and O–H groups in total. The number of aromatic nitrogens is 2. The first-order chi connectivity index (χ1) is 13.0. The highest BCUT2D eigenvalue weighted by atomic mass is 16.5. The van der Waals surface area contributed by atoms with Gasteiger partial charge in [0.15, 0.2) is 5.69 Å². The molecule has 7 heteroatoms. The Morgan fingerprint density at radius 1 is 1.04 bits per heavy atom. The van der Waals surface area contributed by atoms with Crippen LogP contribution in [-0.2, 0) is 11.8 Å². The summed E-state index contributed by atoms with van der Waals surface area (Å²) in [5, 5.41) is 7.03.